The van der Waals surface area contributed by atoms with Gasteiger partial charge in [0.2, 0.25) is 0 Å². The molecule has 0 fully saturated rings. The van der Waals surface area contributed by atoms with Crippen molar-refractivity contribution in [3.05, 3.63) is 0 Å². The molecule has 0 aliphatic heterocycles. The van der Waals surface area contributed by atoms with Crippen molar-refractivity contribution < 1.29 is 17.1 Å². The van der Waals surface area contributed by atoms with Crippen molar-refractivity contribution in [2.75, 3.05) is 0 Å². The predicted octanol–water partition coefficient (Wildman–Crippen LogP) is 2.19. The second-order valence-electron chi connectivity index (χ2n) is 1.35. The quantitative estimate of drug-likeness (QED) is 0.510. The molecule has 0 unspecified atom stereocenters. The van der Waals surface area contributed by atoms with Crippen LogP contribution < -0.4 is 0 Å². The van der Waals surface area contributed by atoms with Crippen LogP contribution in [0.1, 0.15) is 33.1 Å². The monoisotopic (exact) mass is 135 g/mol. The molecule has 0 saturated heterocycles. The van der Waals surface area contributed by atoms with Gasteiger partial charge in [-0.1, -0.05) is 33.1 Å². The van der Waals surface area contributed by atoms with Crippen molar-refractivity contribution in [3.63, 3.8) is 0 Å². The van der Waals surface area contributed by atoms with Crippen LogP contribution in [-0.2, 0) is 17.1 Å². The number of hydrogen-bond donors (Lipinski definition) is 0. The summed E-state index contributed by atoms with van der Waals surface area (Å²) >= 11 is 0. The Morgan fingerprint density at radius 2 is 1.33 bits per heavy atom. The zero-order valence-corrected chi connectivity index (χ0v) is 5.36. The van der Waals surface area contributed by atoms with E-state index in [1.165, 1.54) is 19.3 Å². The first-order valence-corrected chi connectivity index (χ1v) is 2.41. The van der Waals surface area contributed by atoms with Crippen LogP contribution in [0.3, 0.4) is 0 Å². The summed E-state index contributed by atoms with van der Waals surface area (Å²) in [6.07, 6.45) is 4.08. The summed E-state index contributed by atoms with van der Waals surface area (Å²) in [5, 5.41) is 0. The first-order chi connectivity index (χ1) is 2.41. The maximum atomic E-state index is 2.21. The van der Waals surface area contributed by atoms with Crippen LogP contribution in [0.25, 0.3) is 0 Å². The van der Waals surface area contributed by atoms with Gasteiger partial charge in [0, 0.05) is 17.1 Å². The number of unbranched alkanes of at least 4 members (excludes halogenated alkanes) is 2. The van der Waals surface area contributed by atoms with Gasteiger partial charge in [-0.2, -0.15) is 0 Å². The van der Waals surface area contributed by atoms with Gasteiger partial charge < -0.3 is 0 Å². The third-order valence-corrected chi connectivity index (χ3v) is 0.707. The Morgan fingerprint density at radius 1 is 1.00 bits per heavy atom. The number of hydrogen-bond acceptors (Lipinski definition) is 0. The molecule has 0 aromatic carbocycles. The first kappa shape index (κ1) is 9.72. The molecule has 0 rings (SSSR count). The molecule has 0 amide bonds. The van der Waals surface area contributed by atoms with E-state index in [0.29, 0.717) is 0 Å². The van der Waals surface area contributed by atoms with E-state index >= 15 is 0 Å². The minimum Gasteiger partial charge on any atom is -0.0654 e. The Kier molecular flexibility index (Phi) is 14.8. The van der Waals surface area contributed by atoms with Gasteiger partial charge in [-0.05, 0) is 0 Å². The Hall–Kier alpha value is 0.519. The summed E-state index contributed by atoms with van der Waals surface area (Å²) in [5.74, 6) is 0. The molecular formula is C5H12Cu. The fraction of sp³-hybridized carbons (Fsp3) is 1.00. The Balaban J connectivity index is 0. The Labute approximate surface area is 50.8 Å². The molecule has 0 saturated carbocycles. The van der Waals surface area contributed by atoms with Crippen LogP contribution in [0.4, 0.5) is 0 Å². The van der Waals surface area contributed by atoms with Gasteiger partial charge in [-0.25, -0.2) is 0 Å². The van der Waals surface area contributed by atoms with Gasteiger partial charge in [-0.15, -0.1) is 0 Å². The van der Waals surface area contributed by atoms with Crippen molar-refractivity contribution in [3.8, 4) is 0 Å². The van der Waals surface area contributed by atoms with E-state index in [1.54, 1.807) is 0 Å². The van der Waals surface area contributed by atoms with E-state index in [4.69, 9.17) is 0 Å². The van der Waals surface area contributed by atoms with Crippen LogP contribution in [0.15, 0.2) is 0 Å². The zero-order valence-electron chi connectivity index (χ0n) is 4.42. The van der Waals surface area contributed by atoms with Crippen molar-refractivity contribution in [2.24, 2.45) is 0 Å². The Morgan fingerprint density at radius 3 is 1.33 bits per heavy atom. The molecule has 1 radical (unpaired) electrons. The molecule has 0 heterocycles. The predicted molar refractivity (Wildman–Crippen MR) is 25.2 cm³/mol. The van der Waals surface area contributed by atoms with Crippen LogP contribution in [0.5, 0.6) is 0 Å². The molecule has 0 spiro atoms. The van der Waals surface area contributed by atoms with Crippen molar-refractivity contribution >= 4 is 0 Å². The summed E-state index contributed by atoms with van der Waals surface area (Å²) < 4.78 is 0. The first-order valence-electron chi connectivity index (χ1n) is 2.41. The van der Waals surface area contributed by atoms with E-state index < -0.39 is 0 Å². The maximum Gasteiger partial charge on any atom is 0 e. The average molecular weight is 136 g/mol. The molecule has 1 heteroatoms. The minimum absolute atomic E-state index is 0. The fourth-order valence-corrected chi connectivity index (χ4v) is 0.354. The zero-order chi connectivity index (χ0) is 4.12. The maximum absolute atomic E-state index is 2.21. The molecule has 0 aromatic heterocycles. The molecule has 0 atom stereocenters. The normalized spacial score (nSPS) is 7.00. The molecule has 0 bridgehead atoms. The van der Waals surface area contributed by atoms with Gasteiger partial charge >= 0.3 is 0 Å². The van der Waals surface area contributed by atoms with Crippen molar-refractivity contribution in [2.45, 2.75) is 33.1 Å². The summed E-state index contributed by atoms with van der Waals surface area (Å²) in [5.41, 5.74) is 0. The van der Waals surface area contributed by atoms with E-state index in [9.17, 15) is 0 Å². The SMILES string of the molecule is CCCCC.[Cu]. The Bertz CT molecular complexity index is 11.4. The standard InChI is InChI=1S/C5H12.Cu/c1-3-5-4-2;/h3-5H2,1-2H3;. The smallest absolute Gasteiger partial charge is 0 e. The molecule has 0 aliphatic carbocycles. The van der Waals surface area contributed by atoms with Gasteiger partial charge in [0.25, 0.3) is 0 Å². The second-order valence-corrected chi connectivity index (χ2v) is 1.35. The summed E-state index contributed by atoms with van der Waals surface area (Å²) in [6.45, 7) is 4.42. The van der Waals surface area contributed by atoms with Crippen LogP contribution in [-0.4, -0.2) is 0 Å². The molecule has 43 valence electrons. The molecule has 0 aromatic rings. The third-order valence-electron chi connectivity index (χ3n) is 0.707. The largest absolute Gasteiger partial charge is 0.0654 e. The van der Waals surface area contributed by atoms with Gasteiger partial charge in [0.1, 0.15) is 0 Å². The van der Waals surface area contributed by atoms with Gasteiger partial charge in [0.05, 0.1) is 0 Å². The topological polar surface area (TPSA) is 0 Å². The molecule has 0 aliphatic rings. The minimum atomic E-state index is 0. The second kappa shape index (κ2) is 9.10. The van der Waals surface area contributed by atoms with Crippen LogP contribution >= 0.6 is 0 Å². The van der Waals surface area contributed by atoms with Crippen molar-refractivity contribution in [1.82, 2.24) is 0 Å². The third kappa shape index (κ3) is 8.82. The van der Waals surface area contributed by atoms with Crippen LogP contribution in [0, 0.1) is 0 Å². The molecule has 0 nitrogen and oxygen atoms in total. The van der Waals surface area contributed by atoms with Crippen molar-refractivity contribution in [1.29, 1.82) is 0 Å². The summed E-state index contributed by atoms with van der Waals surface area (Å²) in [7, 11) is 0. The summed E-state index contributed by atoms with van der Waals surface area (Å²) in [4.78, 5) is 0. The van der Waals surface area contributed by atoms with E-state index in [-0.39, 0.29) is 17.1 Å². The average Bonchev–Trinajstić information content (AvgIpc) is 1.41. The van der Waals surface area contributed by atoms with Gasteiger partial charge in [0.15, 0.2) is 0 Å². The number of rotatable bonds is 2. The molecule has 0 N–H and O–H groups in total. The summed E-state index contributed by atoms with van der Waals surface area (Å²) in [6, 6.07) is 0. The van der Waals surface area contributed by atoms with Crippen LogP contribution in [0.2, 0.25) is 0 Å². The van der Waals surface area contributed by atoms with E-state index in [2.05, 4.69) is 13.8 Å². The fourth-order valence-electron chi connectivity index (χ4n) is 0.354. The van der Waals surface area contributed by atoms with E-state index in [1.807, 2.05) is 0 Å². The van der Waals surface area contributed by atoms with Gasteiger partial charge in [-0.3, -0.25) is 0 Å². The molecular weight excluding hydrogens is 124 g/mol. The molecule has 6 heavy (non-hydrogen) atoms. The van der Waals surface area contributed by atoms with E-state index in [0.717, 1.165) is 0 Å².